The normalized spacial score (nSPS) is 12.3. The van der Waals surface area contributed by atoms with E-state index in [-0.39, 0.29) is 11.9 Å². The van der Waals surface area contributed by atoms with Crippen LogP contribution in [0.3, 0.4) is 0 Å². The Labute approximate surface area is 129 Å². The van der Waals surface area contributed by atoms with Gasteiger partial charge >= 0.3 is 0 Å². The molecule has 1 aromatic heterocycles. The molecule has 0 aliphatic carbocycles. The van der Waals surface area contributed by atoms with E-state index in [4.69, 9.17) is 4.74 Å². The van der Waals surface area contributed by atoms with Crippen molar-refractivity contribution in [2.24, 2.45) is 0 Å². The summed E-state index contributed by atoms with van der Waals surface area (Å²) in [6.07, 6.45) is 3.11. The number of rotatable bonds is 5. The Morgan fingerprint density at radius 2 is 2.33 bits per heavy atom. The van der Waals surface area contributed by atoms with Crippen LogP contribution in [0.5, 0.6) is 5.75 Å². The van der Waals surface area contributed by atoms with Crippen molar-refractivity contribution in [2.45, 2.75) is 13.0 Å². The number of carbonyl (C=O) groups is 1. The van der Waals surface area contributed by atoms with Crippen LogP contribution in [0.15, 0.2) is 28.7 Å². The molecule has 1 atom stereocenters. The molecule has 2 rings (SSSR count). The zero-order chi connectivity index (χ0) is 15.2. The van der Waals surface area contributed by atoms with Gasteiger partial charge in [-0.2, -0.15) is 5.21 Å². The summed E-state index contributed by atoms with van der Waals surface area (Å²) in [6.45, 7) is 1.77. The summed E-state index contributed by atoms with van der Waals surface area (Å²) in [5, 5.41) is 16.2. The molecule has 8 heteroatoms. The van der Waals surface area contributed by atoms with Crippen molar-refractivity contribution < 1.29 is 9.53 Å². The van der Waals surface area contributed by atoms with E-state index in [1.54, 1.807) is 20.1 Å². The number of nitrogens with zero attached hydrogens (tertiary/aromatic N) is 3. The second-order valence-electron chi connectivity index (χ2n) is 4.22. The molecule has 0 aliphatic rings. The first-order chi connectivity index (χ1) is 10.1. The minimum atomic E-state index is -0.328. The molecule has 0 radical (unpaired) electrons. The molecule has 0 saturated carbocycles. The van der Waals surface area contributed by atoms with Gasteiger partial charge in [0.15, 0.2) is 5.82 Å². The number of aromatic amines is 1. The average Bonchev–Trinajstić information content (AvgIpc) is 2.99. The molecule has 1 aromatic carbocycles. The fourth-order valence-electron chi connectivity index (χ4n) is 1.68. The van der Waals surface area contributed by atoms with Crippen molar-refractivity contribution in [3.63, 3.8) is 0 Å². The molecule has 2 aromatic rings. The minimum Gasteiger partial charge on any atom is -0.496 e. The number of hydrogen-bond donors (Lipinski definition) is 2. The van der Waals surface area contributed by atoms with Gasteiger partial charge in [0.25, 0.3) is 0 Å². The third-order valence-electron chi connectivity index (χ3n) is 2.71. The standard InChI is InChI=1S/C13H14BrN5O2/c1-8(13-16-18-19-17-13)15-12(20)6-3-9-7-10(14)4-5-11(9)21-2/h3-8H,1-2H3,(H,15,20)(H,16,17,18,19). The molecule has 1 unspecified atom stereocenters. The molecule has 0 spiro atoms. The van der Waals surface area contributed by atoms with Crippen LogP contribution >= 0.6 is 15.9 Å². The lowest BCUT2D eigenvalue weighted by atomic mass is 10.2. The first-order valence-electron chi connectivity index (χ1n) is 6.15. The van der Waals surface area contributed by atoms with Gasteiger partial charge in [-0.3, -0.25) is 4.79 Å². The minimum absolute atomic E-state index is 0.255. The van der Waals surface area contributed by atoms with Crippen molar-refractivity contribution in [3.8, 4) is 5.75 Å². The lowest BCUT2D eigenvalue weighted by molar-refractivity contribution is -0.117. The zero-order valence-electron chi connectivity index (χ0n) is 11.5. The van der Waals surface area contributed by atoms with Gasteiger partial charge in [-0.05, 0) is 31.2 Å². The van der Waals surface area contributed by atoms with Crippen LogP contribution in [0.2, 0.25) is 0 Å². The zero-order valence-corrected chi connectivity index (χ0v) is 13.1. The van der Waals surface area contributed by atoms with Crippen LogP contribution in [0.1, 0.15) is 24.4 Å². The summed E-state index contributed by atoms with van der Waals surface area (Å²) >= 11 is 3.38. The monoisotopic (exact) mass is 351 g/mol. The van der Waals surface area contributed by atoms with Crippen LogP contribution in [0.25, 0.3) is 6.08 Å². The molecule has 7 nitrogen and oxygen atoms in total. The number of hydrogen-bond acceptors (Lipinski definition) is 5. The lowest BCUT2D eigenvalue weighted by Crippen LogP contribution is -2.25. The van der Waals surface area contributed by atoms with Gasteiger partial charge < -0.3 is 10.1 Å². The number of halogens is 1. The second-order valence-corrected chi connectivity index (χ2v) is 5.14. The maximum Gasteiger partial charge on any atom is 0.244 e. The number of methoxy groups -OCH3 is 1. The highest BCUT2D eigenvalue weighted by Gasteiger charge is 2.11. The molecule has 2 N–H and O–H groups in total. The van der Waals surface area contributed by atoms with Crippen molar-refractivity contribution in [1.82, 2.24) is 25.9 Å². The number of H-pyrrole nitrogens is 1. The van der Waals surface area contributed by atoms with Crippen molar-refractivity contribution >= 4 is 27.9 Å². The number of nitrogens with one attached hydrogen (secondary N) is 2. The maximum absolute atomic E-state index is 11.9. The summed E-state index contributed by atoms with van der Waals surface area (Å²) in [5.74, 6) is 0.861. The van der Waals surface area contributed by atoms with E-state index in [0.29, 0.717) is 11.6 Å². The summed E-state index contributed by atoms with van der Waals surface area (Å²) in [5.41, 5.74) is 0.800. The molecule has 0 bridgehead atoms. The van der Waals surface area contributed by atoms with E-state index >= 15 is 0 Å². The maximum atomic E-state index is 11.9. The van der Waals surface area contributed by atoms with Crippen molar-refractivity contribution in [1.29, 1.82) is 0 Å². The number of ether oxygens (including phenoxy) is 1. The van der Waals surface area contributed by atoms with Gasteiger partial charge in [0.05, 0.1) is 13.2 Å². The fraction of sp³-hybridized carbons (Fsp3) is 0.231. The number of amides is 1. The first kappa shape index (κ1) is 15.2. The van der Waals surface area contributed by atoms with Crippen molar-refractivity contribution in [3.05, 3.63) is 40.1 Å². The SMILES string of the molecule is COc1ccc(Br)cc1C=CC(=O)NC(C)c1nn[nH]n1. The Hall–Kier alpha value is -2.22. The highest BCUT2D eigenvalue weighted by molar-refractivity contribution is 9.10. The highest BCUT2D eigenvalue weighted by atomic mass is 79.9. The Morgan fingerprint density at radius 1 is 1.52 bits per heavy atom. The molecule has 0 fully saturated rings. The van der Waals surface area contributed by atoms with Crippen LogP contribution in [-0.4, -0.2) is 33.6 Å². The van der Waals surface area contributed by atoms with Crippen LogP contribution in [0, 0.1) is 0 Å². The number of carbonyl (C=O) groups excluding carboxylic acids is 1. The smallest absolute Gasteiger partial charge is 0.244 e. The van der Waals surface area contributed by atoms with Gasteiger partial charge in [-0.1, -0.05) is 21.1 Å². The quantitative estimate of drug-likeness (QED) is 0.802. The molecule has 21 heavy (non-hydrogen) atoms. The fourth-order valence-corrected chi connectivity index (χ4v) is 2.06. The molecule has 1 heterocycles. The second kappa shape index (κ2) is 6.98. The summed E-state index contributed by atoms with van der Waals surface area (Å²) in [7, 11) is 1.58. The van der Waals surface area contributed by atoms with E-state index in [1.807, 2.05) is 18.2 Å². The van der Waals surface area contributed by atoms with Gasteiger partial charge in [0.2, 0.25) is 5.91 Å². The Bertz CT molecular complexity index is 642. The Morgan fingerprint density at radius 3 is 3.00 bits per heavy atom. The number of aromatic nitrogens is 4. The summed E-state index contributed by atoms with van der Waals surface area (Å²) < 4.78 is 6.14. The Balaban J connectivity index is 2.04. The van der Waals surface area contributed by atoms with E-state index < -0.39 is 0 Å². The first-order valence-corrected chi connectivity index (χ1v) is 6.95. The van der Waals surface area contributed by atoms with E-state index in [2.05, 4.69) is 41.9 Å². The molecular weight excluding hydrogens is 338 g/mol. The van der Waals surface area contributed by atoms with E-state index in [9.17, 15) is 4.79 Å². The van der Waals surface area contributed by atoms with Gasteiger partial charge in [-0.25, -0.2) is 0 Å². The number of benzene rings is 1. The number of tetrazole rings is 1. The predicted molar refractivity (Wildman–Crippen MR) is 80.5 cm³/mol. The Kier molecular flexibility index (Phi) is 5.04. The third-order valence-corrected chi connectivity index (χ3v) is 3.21. The molecule has 1 amide bonds. The third kappa shape index (κ3) is 4.12. The molecular formula is C13H14BrN5O2. The summed E-state index contributed by atoms with van der Waals surface area (Å²) in [4.78, 5) is 11.9. The van der Waals surface area contributed by atoms with Gasteiger partial charge in [-0.15, -0.1) is 10.2 Å². The van der Waals surface area contributed by atoms with Gasteiger partial charge in [0, 0.05) is 16.1 Å². The topological polar surface area (TPSA) is 92.8 Å². The molecule has 110 valence electrons. The largest absolute Gasteiger partial charge is 0.496 e. The van der Waals surface area contributed by atoms with Gasteiger partial charge in [0.1, 0.15) is 5.75 Å². The van der Waals surface area contributed by atoms with Crippen LogP contribution < -0.4 is 10.1 Å². The van der Waals surface area contributed by atoms with Crippen LogP contribution in [-0.2, 0) is 4.79 Å². The highest BCUT2D eigenvalue weighted by Crippen LogP contribution is 2.24. The van der Waals surface area contributed by atoms with E-state index in [1.165, 1.54) is 6.08 Å². The molecule has 0 saturated heterocycles. The molecule has 0 aliphatic heterocycles. The predicted octanol–water partition coefficient (Wildman–Crippen LogP) is 1.86. The summed E-state index contributed by atoms with van der Waals surface area (Å²) in [6, 6.07) is 5.23. The van der Waals surface area contributed by atoms with Crippen LogP contribution in [0.4, 0.5) is 0 Å². The van der Waals surface area contributed by atoms with Crippen molar-refractivity contribution in [2.75, 3.05) is 7.11 Å². The average molecular weight is 352 g/mol. The lowest BCUT2D eigenvalue weighted by Gasteiger charge is -2.08. The van der Waals surface area contributed by atoms with E-state index in [0.717, 1.165) is 10.0 Å².